The van der Waals surface area contributed by atoms with E-state index in [1.54, 1.807) is 20.1 Å². The Kier molecular flexibility index (Phi) is 5.76. The lowest BCUT2D eigenvalue weighted by Crippen LogP contribution is -2.70. The van der Waals surface area contributed by atoms with Crippen molar-refractivity contribution in [3.63, 3.8) is 0 Å². The number of para-hydroxylation sites is 1. The van der Waals surface area contributed by atoms with Gasteiger partial charge in [0.2, 0.25) is 0 Å². The summed E-state index contributed by atoms with van der Waals surface area (Å²) in [5.41, 5.74) is -4.36. The predicted octanol–water partition coefficient (Wildman–Crippen LogP) is 3.66. The molecule has 1 aromatic carbocycles. The fourth-order valence-electron chi connectivity index (χ4n) is 8.19. The summed E-state index contributed by atoms with van der Waals surface area (Å²) >= 11 is 0. The number of alkyl halides is 1. The average molecular weight is 498 g/mol. The number of benzene rings is 1. The van der Waals surface area contributed by atoms with Crippen molar-refractivity contribution in [2.45, 2.75) is 70.4 Å². The van der Waals surface area contributed by atoms with Gasteiger partial charge in [-0.2, -0.15) is 0 Å². The molecule has 0 saturated heterocycles. The van der Waals surface area contributed by atoms with Crippen molar-refractivity contribution in [3.8, 4) is 5.75 Å². The summed E-state index contributed by atoms with van der Waals surface area (Å²) in [6.07, 6.45) is 4.58. The van der Waals surface area contributed by atoms with Gasteiger partial charge in [-0.15, -0.1) is 0 Å². The summed E-state index contributed by atoms with van der Waals surface area (Å²) in [5.74, 6) is -1.29. The van der Waals surface area contributed by atoms with Crippen LogP contribution in [0, 0.1) is 28.6 Å². The molecule has 0 unspecified atom stereocenters. The standard InChI is InChI=1S/C29H36FNO5/c1-17-13-22-21-10-9-19-14-20(32)11-12-26(19,2)28(21,30)24(33)15-27(22,3)29(17,35)25(34)31-16-18-7-5-6-8-23(18)36-4/h5-8,11-12,14,17,21-22,24,33,35H,9-10,13,15-16H2,1-4H3,(H,31,34)/t17-,21+,22+,24+,26+,27+,28+,29+/m1/s1. The van der Waals surface area contributed by atoms with Gasteiger partial charge in [0.05, 0.1) is 13.2 Å². The molecule has 1 amide bonds. The van der Waals surface area contributed by atoms with Crippen molar-refractivity contribution in [2.75, 3.05) is 7.11 Å². The molecular weight excluding hydrogens is 461 g/mol. The number of halogens is 1. The molecule has 8 atom stereocenters. The highest BCUT2D eigenvalue weighted by molar-refractivity contribution is 6.01. The topological polar surface area (TPSA) is 95.9 Å². The number of hydrogen-bond acceptors (Lipinski definition) is 5. The molecule has 7 heteroatoms. The maximum Gasteiger partial charge on any atom is 0.253 e. The van der Waals surface area contributed by atoms with Gasteiger partial charge >= 0.3 is 0 Å². The van der Waals surface area contributed by atoms with Gasteiger partial charge in [-0.1, -0.05) is 43.7 Å². The van der Waals surface area contributed by atoms with Crippen molar-refractivity contribution in [1.29, 1.82) is 0 Å². The van der Waals surface area contributed by atoms with Crippen molar-refractivity contribution in [2.24, 2.45) is 28.6 Å². The summed E-state index contributed by atoms with van der Waals surface area (Å²) in [5, 5.41) is 26.4. The number of rotatable bonds is 4. The summed E-state index contributed by atoms with van der Waals surface area (Å²) in [7, 11) is 1.56. The molecule has 0 bridgehead atoms. The van der Waals surface area contributed by atoms with Gasteiger partial charge in [0.1, 0.15) is 5.75 Å². The van der Waals surface area contributed by atoms with Crippen LogP contribution in [-0.2, 0) is 16.1 Å². The van der Waals surface area contributed by atoms with Crippen LogP contribution < -0.4 is 10.1 Å². The van der Waals surface area contributed by atoms with E-state index in [0.717, 1.165) is 5.56 Å². The molecule has 0 aromatic heterocycles. The first kappa shape index (κ1) is 25.2. The maximum atomic E-state index is 17.2. The molecule has 6 nitrogen and oxygen atoms in total. The van der Waals surface area contributed by atoms with E-state index in [-0.39, 0.29) is 24.7 Å². The van der Waals surface area contributed by atoms with Gasteiger partial charge < -0.3 is 20.3 Å². The number of methoxy groups -OCH3 is 1. The predicted molar refractivity (Wildman–Crippen MR) is 133 cm³/mol. The molecule has 36 heavy (non-hydrogen) atoms. The highest BCUT2D eigenvalue weighted by Crippen LogP contribution is 2.70. The van der Waals surface area contributed by atoms with Crippen LogP contribution in [0.25, 0.3) is 0 Å². The maximum absolute atomic E-state index is 17.2. The lowest BCUT2D eigenvalue weighted by molar-refractivity contribution is -0.219. The number of carbonyl (C=O) groups is 2. The lowest BCUT2D eigenvalue weighted by Gasteiger charge is -2.62. The highest BCUT2D eigenvalue weighted by Gasteiger charge is 2.75. The smallest absolute Gasteiger partial charge is 0.253 e. The zero-order valence-corrected chi connectivity index (χ0v) is 21.4. The number of aliphatic hydroxyl groups excluding tert-OH is 1. The van der Waals surface area contributed by atoms with Crippen molar-refractivity contribution >= 4 is 11.7 Å². The second kappa shape index (κ2) is 8.25. The van der Waals surface area contributed by atoms with Crippen LogP contribution >= 0.6 is 0 Å². The fourth-order valence-corrected chi connectivity index (χ4v) is 8.19. The van der Waals surface area contributed by atoms with Gasteiger partial charge in [0.25, 0.3) is 5.91 Å². The molecule has 5 rings (SSSR count). The number of carbonyl (C=O) groups excluding carboxylic acids is 2. The van der Waals surface area contributed by atoms with Crippen LogP contribution in [0.5, 0.6) is 5.75 Å². The number of hydrogen-bond donors (Lipinski definition) is 3. The third kappa shape index (κ3) is 3.08. The van der Waals surface area contributed by atoms with Gasteiger partial charge in [0, 0.05) is 28.9 Å². The van der Waals surface area contributed by atoms with E-state index in [2.05, 4.69) is 5.32 Å². The first-order valence-electron chi connectivity index (χ1n) is 12.9. The van der Waals surface area contributed by atoms with E-state index < -0.39 is 45.9 Å². The number of allylic oxidation sites excluding steroid dienone is 4. The number of ether oxygens (including phenoxy) is 1. The molecule has 4 aliphatic carbocycles. The van der Waals surface area contributed by atoms with E-state index in [1.807, 2.05) is 38.1 Å². The third-order valence-corrected chi connectivity index (χ3v) is 10.2. The van der Waals surface area contributed by atoms with Crippen molar-refractivity contribution in [3.05, 3.63) is 53.6 Å². The zero-order chi connectivity index (χ0) is 26.1. The van der Waals surface area contributed by atoms with Crippen LogP contribution in [0.1, 0.15) is 52.0 Å². The quantitative estimate of drug-likeness (QED) is 0.590. The molecule has 3 saturated carbocycles. The minimum absolute atomic E-state index is 0.0434. The van der Waals surface area contributed by atoms with Crippen molar-refractivity contribution in [1.82, 2.24) is 5.32 Å². The van der Waals surface area contributed by atoms with Gasteiger partial charge in [-0.25, -0.2) is 4.39 Å². The summed E-state index contributed by atoms with van der Waals surface area (Å²) < 4.78 is 22.6. The van der Waals surface area contributed by atoms with Crippen LogP contribution in [0.4, 0.5) is 4.39 Å². The molecule has 194 valence electrons. The van der Waals surface area contributed by atoms with E-state index in [1.165, 1.54) is 12.2 Å². The Bertz CT molecular complexity index is 1160. The third-order valence-electron chi connectivity index (χ3n) is 10.2. The molecular formula is C29H36FNO5. The minimum atomic E-state index is -1.99. The van der Waals surface area contributed by atoms with Crippen LogP contribution in [0.15, 0.2) is 48.1 Å². The first-order chi connectivity index (χ1) is 16.9. The fraction of sp³-hybridized carbons (Fsp3) is 0.586. The molecule has 1 aromatic rings. The Balaban J connectivity index is 1.47. The molecule has 3 N–H and O–H groups in total. The van der Waals surface area contributed by atoms with E-state index in [4.69, 9.17) is 4.74 Å². The Morgan fingerprint density at radius 2 is 1.97 bits per heavy atom. The van der Waals surface area contributed by atoms with E-state index in [9.17, 15) is 19.8 Å². The summed E-state index contributed by atoms with van der Waals surface area (Å²) in [6.45, 7) is 5.63. The normalized spacial score (nSPS) is 43.2. The molecule has 0 spiro atoms. The Morgan fingerprint density at radius 3 is 2.69 bits per heavy atom. The number of ketones is 1. The summed E-state index contributed by atoms with van der Waals surface area (Å²) in [4.78, 5) is 25.7. The first-order valence-corrected chi connectivity index (χ1v) is 12.9. The van der Waals surface area contributed by atoms with Crippen molar-refractivity contribution < 1.29 is 28.9 Å². The second-order valence-electron chi connectivity index (χ2n) is 11.7. The number of fused-ring (bicyclic) bond motifs is 5. The number of amides is 1. The summed E-state index contributed by atoms with van der Waals surface area (Å²) in [6, 6.07) is 7.36. The minimum Gasteiger partial charge on any atom is -0.496 e. The Labute approximate surface area is 211 Å². The van der Waals surface area contributed by atoms with Crippen LogP contribution in [-0.4, -0.2) is 46.4 Å². The zero-order valence-electron chi connectivity index (χ0n) is 21.4. The van der Waals surface area contributed by atoms with E-state index in [0.29, 0.717) is 30.6 Å². The molecule has 0 aliphatic heterocycles. The van der Waals surface area contributed by atoms with Gasteiger partial charge in [0.15, 0.2) is 17.1 Å². The van der Waals surface area contributed by atoms with Crippen LogP contribution in [0.2, 0.25) is 0 Å². The second-order valence-corrected chi connectivity index (χ2v) is 11.7. The van der Waals surface area contributed by atoms with Gasteiger partial charge in [-0.3, -0.25) is 9.59 Å². The van der Waals surface area contributed by atoms with E-state index >= 15 is 4.39 Å². The number of nitrogens with one attached hydrogen (secondary N) is 1. The Morgan fingerprint density at radius 1 is 1.25 bits per heavy atom. The lowest BCUT2D eigenvalue weighted by atomic mass is 9.44. The Hall–Kier alpha value is -2.51. The van der Waals surface area contributed by atoms with Crippen LogP contribution in [0.3, 0.4) is 0 Å². The molecule has 0 radical (unpaired) electrons. The average Bonchev–Trinajstić information content (AvgIpc) is 3.05. The molecule has 3 fully saturated rings. The largest absolute Gasteiger partial charge is 0.496 e. The van der Waals surface area contributed by atoms with Gasteiger partial charge in [-0.05, 0) is 62.7 Å². The molecule has 4 aliphatic rings. The monoisotopic (exact) mass is 497 g/mol. The SMILES string of the molecule is COc1ccccc1CNC(=O)[C@@]1(O)[C@H](C)C[C@H]2[C@@H]3CCC4=CC(=O)C=C[C@]4(C)[C@@]3(F)[C@@H](O)C[C@@]21C. The number of aliphatic hydroxyl groups is 2. The highest BCUT2D eigenvalue weighted by atomic mass is 19.1. The molecule has 0 heterocycles.